The van der Waals surface area contributed by atoms with Crippen molar-refractivity contribution in [3.05, 3.63) is 59.7 Å². The quantitative estimate of drug-likeness (QED) is 0.777. The minimum absolute atomic E-state index is 0.677. The zero-order valence-corrected chi connectivity index (χ0v) is 12.4. The van der Waals surface area contributed by atoms with Crippen molar-refractivity contribution in [2.75, 3.05) is 12.4 Å². The third-order valence-electron chi connectivity index (χ3n) is 2.98. The largest absolute Gasteiger partial charge is 0.497 e. The number of hydrogen-bond acceptors (Lipinski definition) is 5. The molecule has 3 rings (SSSR count). The van der Waals surface area contributed by atoms with E-state index >= 15 is 0 Å². The Hall–Kier alpha value is -2.40. The number of thiazole rings is 1. The van der Waals surface area contributed by atoms with Crippen LogP contribution in [0, 0.1) is 0 Å². The molecule has 0 unspecified atom stereocenters. The van der Waals surface area contributed by atoms with Gasteiger partial charge in [-0.2, -0.15) is 0 Å². The van der Waals surface area contributed by atoms with Crippen LogP contribution in [0.1, 0.15) is 5.69 Å². The predicted molar refractivity (Wildman–Crippen MR) is 85.7 cm³/mol. The van der Waals surface area contributed by atoms with Gasteiger partial charge in [-0.15, -0.1) is 11.3 Å². The Morgan fingerprint density at radius 1 is 1.19 bits per heavy atom. The Bertz CT molecular complexity index is 712. The molecule has 3 aromatic rings. The molecule has 1 aromatic carbocycles. The van der Waals surface area contributed by atoms with Crippen LogP contribution in [0.3, 0.4) is 0 Å². The van der Waals surface area contributed by atoms with Crippen molar-refractivity contribution in [2.45, 2.75) is 6.54 Å². The molecule has 4 nitrogen and oxygen atoms in total. The zero-order valence-electron chi connectivity index (χ0n) is 11.6. The molecule has 1 N–H and O–H groups in total. The first-order chi connectivity index (χ1) is 10.3. The molecule has 5 heteroatoms. The summed E-state index contributed by atoms with van der Waals surface area (Å²) in [4.78, 5) is 8.91. The van der Waals surface area contributed by atoms with Gasteiger partial charge in [-0.3, -0.25) is 4.98 Å². The lowest BCUT2D eigenvalue weighted by atomic mass is 10.3. The Morgan fingerprint density at radius 2 is 2.14 bits per heavy atom. The molecule has 106 valence electrons. The van der Waals surface area contributed by atoms with Gasteiger partial charge in [0, 0.05) is 23.3 Å². The van der Waals surface area contributed by atoms with Gasteiger partial charge in [-0.25, -0.2) is 4.98 Å². The van der Waals surface area contributed by atoms with Crippen LogP contribution in [0.2, 0.25) is 0 Å². The molecule has 0 aliphatic carbocycles. The molecule has 0 aliphatic rings. The minimum atomic E-state index is 0.677. The number of ether oxygens (including phenoxy) is 1. The Morgan fingerprint density at radius 3 is 2.95 bits per heavy atom. The average Bonchev–Trinajstić information content (AvgIpc) is 3.03. The first kappa shape index (κ1) is 13.6. The second kappa shape index (κ2) is 6.37. The Kier molecular flexibility index (Phi) is 4.12. The maximum absolute atomic E-state index is 5.21. The van der Waals surface area contributed by atoms with Gasteiger partial charge in [0.2, 0.25) is 0 Å². The van der Waals surface area contributed by atoms with Gasteiger partial charge in [-0.05, 0) is 24.3 Å². The Labute approximate surface area is 127 Å². The van der Waals surface area contributed by atoms with Crippen LogP contribution in [0.5, 0.6) is 5.75 Å². The highest BCUT2D eigenvalue weighted by atomic mass is 32.1. The molecule has 0 saturated heterocycles. The van der Waals surface area contributed by atoms with Crippen molar-refractivity contribution in [2.24, 2.45) is 0 Å². The third kappa shape index (κ3) is 3.38. The van der Waals surface area contributed by atoms with Crippen molar-refractivity contribution in [1.29, 1.82) is 0 Å². The summed E-state index contributed by atoms with van der Waals surface area (Å²) in [7, 11) is 1.67. The lowest BCUT2D eigenvalue weighted by Crippen LogP contribution is -1.99. The smallest absolute Gasteiger partial charge is 0.142 e. The van der Waals surface area contributed by atoms with Crippen LogP contribution in [0.4, 0.5) is 5.69 Å². The first-order valence-electron chi connectivity index (χ1n) is 6.59. The van der Waals surface area contributed by atoms with Crippen molar-refractivity contribution in [3.8, 4) is 16.5 Å². The molecule has 0 spiro atoms. The summed E-state index contributed by atoms with van der Waals surface area (Å²) in [6, 6.07) is 13.7. The van der Waals surface area contributed by atoms with Crippen LogP contribution in [-0.4, -0.2) is 17.1 Å². The fourth-order valence-corrected chi connectivity index (χ4v) is 2.72. The van der Waals surface area contributed by atoms with Gasteiger partial charge < -0.3 is 10.1 Å². The monoisotopic (exact) mass is 297 g/mol. The zero-order chi connectivity index (χ0) is 14.5. The van der Waals surface area contributed by atoms with E-state index in [2.05, 4.69) is 20.7 Å². The SMILES string of the molecule is COc1cccc(NCc2csc(-c3ccccn3)n2)c1. The van der Waals surface area contributed by atoms with E-state index in [1.54, 1.807) is 24.6 Å². The maximum Gasteiger partial charge on any atom is 0.142 e. The summed E-state index contributed by atoms with van der Waals surface area (Å²) in [5, 5.41) is 6.34. The van der Waals surface area contributed by atoms with E-state index in [1.165, 1.54) is 0 Å². The van der Waals surface area contributed by atoms with E-state index in [9.17, 15) is 0 Å². The topological polar surface area (TPSA) is 47.0 Å². The molecule has 2 aromatic heterocycles. The highest BCUT2D eigenvalue weighted by Gasteiger charge is 2.05. The summed E-state index contributed by atoms with van der Waals surface area (Å²) < 4.78 is 5.21. The summed E-state index contributed by atoms with van der Waals surface area (Å²) in [6.45, 7) is 0.677. The molecule has 0 amide bonds. The number of pyridine rings is 1. The minimum Gasteiger partial charge on any atom is -0.497 e. The van der Waals surface area contributed by atoms with E-state index in [4.69, 9.17) is 4.74 Å². The molecule has 2 heterocycles. The number of anilines is 1. The maximum atomic E-state index is 5.21. The Balaban J connectivity index is 1.67. The van der Waals surface area contributed by atoms with Gasteiger partial charge in [0.05, 0.1) is 25.0 Å². The average molecular weight is 297 g/mol. The second-order valence-corrected chi connectivity index (χ2v) is 5.30. The number of benzene rings is 1. The molecule has 0 bridgehead atoms. The fourth-order valence-electron chi connectivity index (χ4n) is 1.92. The van der Waals surface area contributed by atoms with E-state index < -0.39 is 0 Å². The van der Waals surface area contributed by atoms with Gasteiger partial charge in [-0.1, -0.05) is 12.1 Å². The standard InChI is InChI=1S/C16H15N3OS/c1-20-14-6-4-5-12(9-14)18-10-13-11-21-16(19-13)15-7-2-3-8-17-15/h2-9,11,18H,10H2,1H3. The predicted octanol–water partition coefficient (Wildman–Crippen LogP) is 3.83. The van der Waals surface area contributed by atoms with Gasteiger partial charge in [0.1, 0.15) is 10.8 Å². The normalized spacial score (nSPS) is 10.3. The summed E-state index contributed by atoms with van der Waals surface area (Å²) >= 11 is 1.61. The molecule has 0 radical (unpaired) electrons. The van der Waals surface area contributed by atoms with Crippen molar-refractivity contribution < 1.29 is 4.74 Å². The second-order valence-electron chi connectivity index (χ2n) is 4.44. The van der Waals surface area contributed by atoms with Crippen LogP contribution in [0.25, 0.3) is 10.7 Å². The van der Waals surface area contributed by atoms with Crippen LogP contribution in [-0.2, 0) is 6.54 Å². The van der Waals surface area contributed by atoms with E-state index in [0.717, 1.165) is 27.8 Å². The van der Waals surface area contributed by atoms with Crippen LogP contribution >= 0.6 is 11.3 Å². The first-order valence-corrected chi connectivity index (χ1v) is 7.47. The van der Waals surface area contributed by atoms with E-state index in [0.29, 0.717) is 6.54 Å². The van der Waals surface area contributed by atoms with Crippen LogP contribution < -0.4 is 10.1 Å². The number of aromatic nitrogens is 2. The molecule has 21 heavy (non-hydrogen) atoms. The van der Waals surface area contributed by atoms with E-state index in [1.807, 2.05) is 42.5 Å². The highest BCUT2D eigenvalue weighted by molar-refractivity contribution is 7.13. The third-order valence-corrected chi connectivity index (χ3v) is 3.89. The number of methoxy groups -OCH3 is 1. The van der Waals surface area contributed by atoms with Crippen molar-refractivity contribution in [1.82, 2.24) is 9.97 Å². The molecule has 0 aliphatic heterocycles. The van der Waals surface area contributed by atoms with E-state index in [-0.39, 0.29) is 0 Å². The number of rotatable bonds is 5. The number of nitrogens with zero attached hydrogens (tertiary/aromatic N) is 2. The molecular formula is C16H15N3OS. The summed E-state index contributed by atoms with van der Waals surface area (Å²) in [6.07, 6.45) is 1.78. The van der Waals surface area contributed by atoms with Crippen LogP contribution in [0.15, 0.2) is 54.0 Å². The van der Waals surface area contributed by atoms with Crippen molar-refractivity contribution >= 4 is 17.0 Å². The number of hydrogen-bond donors (Lipinski definition) is 1. The molecular weight excluding hydrogens is 282 g/mol. The van der Waals surface area contributed by atoms with Gasteiger partial charge in [0.25, 0.3) is 0 Å². The van der Waals surface area contributed by atoms with Crippen molar-refractivity contribution in [3.63, 3.8) is 0 Å². The van der Waals surface area contributed by atoms with Gasteiger partial charge >= 0.3 is 0 Å². The summed E-state index contributed by atoms with van der Waals surface area (Å²) in [5.41, 5.74) is 2.93. The number of nitrogens with one attached hydrogen (secondary N) is 1. The van der Waals surface area contributed by atoms with Gasteiger partial charge in [0.15, 0.2) is 0 Å². The highest BCUT2D eigenvalue weighted by Crippen LogP contribution is 2.22. The fraction of sp³-hybridized carbons (Fsp3) is 0.125. The molecule has 0 fully saturated rings. The molecule has 0 saturated carbocycles. The lowest BCUT2D eigenvalue weighted by Gasteiger charge is -2.06. The summed E-state index contributed by atoms with van der Waals surface area (Å²) in [5.74, 6) is 0.840. The lowest BCUT2D eigenvalue weighted by molar-refractivity contribution is 0.415. The molecule has 0 atom stereocenters.